The molecule has 0 bridgehead atoms. The van der Waals surface area contributed by atoms with Crippen molar-refractivity contribution in [1.82, 2.24) is 4.90 Å². The number of azide groups is 1. The first kappa shape index (κ1) is 19.0. The summed E-state index contributed by atoms with van der Waals surface area (Å²) >= 11 is 0. The number of ether oxygens (including phenoxy) is 1. The fourth-order valence-electron chi connectivity index (χ4n) is 3.47. The van der Waals surface area contributed by atoms with Gasteiger partial charge in [-0.25, -0.2) is 0 Å². The van der Waals surface area contributed by atoms with E-state index < -0.39 is 6.04 Å². The van der Waals surface area contributed by atoms with Crippen LogP contribution in [0.4, 0.5) is 0 Å². The molecule has 0 amide bonds. The van der Waals surface area contributed by atoms with Gasteiger partial charge in [0.05, 0.1) is 12.6 Å². The third-order valence-corrected chi connectivity index (χ3v) is 5.03. The summed E-state index contributed by atoms with van der Waals surface area (Å²) in [6.07, 6.45) is 13.0. The first-order valence-corrected chi connectivity index (χ1v) is 9.35. The Labute approximate surface area is 159 Å². The second-order valence-electron chi connectivity index (χ2n) is 7.01. The molecular weight excluding hydrogens is 340 g/mol. The van der Waals surface area contributed by atoms with E-state index in [0.29, 0.717) is 25.3 Å². The number of cyclic esters (lactones) is 1. The topological polar surface area (TPSA) is 78.3 Å². The smallest absolute Gasteiger partial charge is 0.324 e. The molecule has 1 aromatic carbocycles. The molecule has 1 aliphatic carbocycles. The lowest BCUT2D eigenvalue weighted by Crippen LogP contribution is -2.59. The van der Waals surface area contributed by atoms with Crippen LogP contribution in [0.3, 0.4) is 0 Å². The van der Waals surface area contributed by atoms with Gasteiger partial charge in [-0.15, -0.1) is 6.42 Å². The molecule has 3 rings (SSSR count). The van der Waals surface area contributed by atoms with Gasteiger partial charge in [-0.3, -0.25) is 9.69 Å². The van der Waals surface area contributed by atoms with Crippen molar-refractivity contribution in [2.45, 2.75) is 43.9 Å². The first-order valence-electron chi connectivity index (χ1n) is 9.35. The summed E-state index contributed by atoms with van der Waals surface area (Å²) in [5.41, 5.74) is 9.61. The van der Waals surface area contributed by atoms with Gasteiger partial charge in [-0.05, 0) is 42.7 Å². The van der Waals surface area contributed by atoms with Gasteiger partial charge in [0.25, 0.3) is 0 Å². The van der Waals surface area contributed by atoms with Crippen molar-refractivity contribution in [3.63, 3.8) is 0 Å². The van der Waals surface area contributed by atoms with Gasteiger partial charge in [-0.2, -0.15) is 0 Å². The molecule has 6 heteroatoms. The van der Waals surface area contributed by atoms with Crippen LogP contribution in [0.2, 0.25) is 0 Å². The maximum Gasteiger partial charge on any atom is 0.324 e. The highest BCUT2D eigenvalue weighted by Gasteiger charge is 2.42. The van der Waals surface area contributed by atoms with Crippen molar-refractivity contribution in [3.05, 3.63) is 58.5 Å². The van der Waals surface area contributed by atoms with E-state index in [1.54, 1.807) is 0 Å². The zero-order valence-corrected chi connectivity index (χ0v) is 15.3. The molecule has 1 heterocycles. The molecule has 1 aliphatic heterocycles. The van der Waals surface area contributed by atoms with Crippen LogP contribution < -0.4 is 0 Å². The lowest BCUT2D eigenvalue weighted by molar-refractivity contribution is -0.170. The van der Waals surface area contributed by atoms with Crippen molar-refractivity contribution in [2.75, 3.05) is 13.1 Å². The van der Waals surface area contributed by atoms with Crippen LogP contribution in [0.1, 0.15) is 24.8 Å². The zero-order valence-electron chi connectivity index (χ0n) is 15.3. The summed E-state index contributed by atoms with van der Waals surface area (Å²) in [5, 5.41) is 3.60. The standard InChI is InChI=1S/C21H24N4O2/c1-2-14-25-18(11-10-16-8-9-16)20(12-13-23-24-22)27-21(26)19(25)15-17-6-4-3-5-7-17/h1,3-7,10-11,16,18-20H,8-9,12-15H2/b11-10+/t18-,19+,20+/m1/s1. The predicted octanol–water partition coefficient (Wildman–Crippen LogP) is 3.49. The number of carbonyl (C=O) groups is 1. The minimum atomic E-state index is -0.423. The quantitative estimate of drug-likeness (QED) is 0.177. The average molecular weight is 364 g/mol. The van der Waals surface area contributed by atoms with Crippen LogP contribution in [0.5, 0.6) is 0 Å². The molecule has 1 aromatic rings. The molecule has 1 saturated heterocycles. The second-order valence-corrected chi connectivity index (χ2v) is 7.01. The maximum atomic E-state index is 12.8. The van der Waals surface area contributed by atoms with Gasteiger partial charge in [-0.1, -0.05) is 53.5 Å². The fraction of sp³-hybridized carbons (Fsp3) is 0.476. The first-order chi connectivity index (χ1) is 13.2. The Bertz CT molecular complexity index is 760. The number of morpholine rings is 1. The van der Waals surface area contributed by atoms with Crippen LogP contribution in [0.25, 0.3) is 10.4 Å². The molecule has 2 fully saturated rings. The summed E-state index contributed by atoms with van der Waals surface area (Å²) < 4.78 is 5.78. The number of carbonyl (C=O) groups excluding carboxylic acids is 1. The Morgan fingerprint density at radius 3 is 2.78 bits per heavy atom. The third-order valence-electron chi connectivity index (χ3n) is 5.03. The van der Waals surface area contributed by atoms with Gasteiger partial charge < -0.3 is 4.74 Å². The zero-order chi connectivity index (χ0) is 19.1. The third kappa shape index (κ3) is 5.13. The number of rotatable bonds is 8. The molecule has 1 saturated carbocycles. The predicted molar refractivity (Wildman–Crippen MR) is 104 cm³/mol. The van der Waals surface area contributed by atoms with E-state index in [9.17, 15) is 4.79 Å². The summed E-state index contributed by atoms with van der Waals surface area (Å²) in [6, 6.07) is 9.35. The van der Waals surface area contributed by atoms with Crippen molar-refractivity contribution in [1.29, 1.82) is 0 Å². The van der Waals surface area contributed by atoms with Crippen LogP contribution in [0, 0.1) is 18.3 Å². The number of nitrogens with zero attached hydrogens (tertiary/aromatic N) is 4. The Morgan fingerprint density at radius 2 is 2.11 bits per heavy atom. The maximum absolute atomic E-state index is 12.8. The number of hydrogen-bond donors (Lipinski definition) is 0. The molecule has 140 valence electrons. The van der Waals surface area contributed by atoms with E-state index in [-0.39, 0.29) is 24.7 Å². The van der Waals surface area contributed by atoms with E-state index >= 15 is 0 Å². The molecule has 3 atom stereocenters. The van der Waals surface area contributed by atoms with Gasteiger partial charge in [0.1, 0.15) is 12.1 Å². The van der Waals surface area contributed by atoms with Gasteiger partial charge in [0.15, 0.2) is 0 Å². The van der Waals surface area contributed by atoms with Crippen molar-refractivity contribution < 1.29 is 9.53 Å². The highest BCUT2D eigenvalue weighted by atomic mass is 16.5. The van der Waals surface area contributed by atoms with Crippen LogP contribution in [-0.4, -0.2) is 42.1 Å². The van der Waals surface area contributed by atoms with E-state index in [2.05, 4.69) is 33.0 Å². The molecule has 6 nitrogen and oxygen atoms in total. The summed E-state index contributed by atoms with van der Waals surface area (Å²) in [5.74, 6) is 3.04. The van der Waals surface area contributed by atoms with Crippen LogP contribution in [-0.2, 0) is 16.0 Å². The van der Waals surface area contributed by atoms with E-state index in [1.165, 1.54) is 12.8 Å². The van der Waals surface area contributed by atoms with Crippen molar-refractivity contribution in [3.8, 4) is 12.3 Å². The fourth-order valence-corrected chi connectivity index (χ4v) is 3.47. The van der Waals surface area contributed by atoms with E-state index in [0.717, 1.165) is 5.56 Å². The summed E-state index contributed by atoms with van der Waals surface area (Å²) in [7, 11) is 0. The van der Waals surface area contributed by atoms with E-state index in [1.807, 2.05) is 30.3 Å². The minimum Gasteiger partial charge on any atom is -0.459 e. The number of allylic oxidation sites excluding steroid dienone is 1. The molecule has 0 N–H and O–H groups in total. The second kappa shape index (κ2) is 9.27. The highest BCUT2D eigenvalue weighted by molar-refractivity contribution is 5.77. The molecule has 2 aliphatic rings. The van der Waals surface area contributed by atoms with E-state index in [4.69, 9.17) is 16.7 Å². The summed E-state index contributed by atoms with van der Waals surface area (Å²) in [6.45, 7) is 0.653. The van der Waals surface area contributed by atoms with Gasteiger partial charge >= 0.3 is 5.97 Å². The molecule has 0 spiro atoms. The Hall–Kier alpha value is -2.74. The molecule has 27 heavy (non-hydrogen) atoms. The highest BCUT2D eigenvalue weighted by Crippen LogP contribution is 2.32. The lowest BCUT2D eigenvalue weighted by atomic mass is 9.95. The van der Waals surface area contributed by atoms with Gasteiger partial charge in [0, 0.05) is 11.5 Å². The Morgan fingerprint density at radius 1 is 1.33 bits per heavy atom. The largest absolute Gasteiger partial charge is 0.459 e. The number of hydrogen-bond acceptors (Lipinski definition) is 4. The van der Waals surface area contributed by atoms with Crippen molar-refractivity contribution >= 4 is 5.97 Å². The number of esters is 1. The lowest BCUT2D eigenvalue weighted by Gasteiger charge is -2.43. The normalized spacial score (nSPS) is 25.6. The molecule has 0 radical (unpaired) electrons. The summed E-state index contributed by atoms with van der Waals surface area (Å²) in [4.78, 5) is 17.6. The van der Waals surface area contributed by atoms with Crippen LogP contribution >= 0.6 is 0 Å². The molecule has 0 aromatic heterocycles. The minimum absolute atomic E-state index is 0.109. The van der Waals surface area contributed by atoms with Gasteiger partial charge in [0.2, 0.25) is 0 Å². The molecule has 0 unspecified atom stereocenters. The average Bonchev–Trinajstić information content (AvgIpc) is 3.50. The number of terminal acetylenes is 1. The molecular formula is C21H24N4O2. The SMILES string of the molecule is C#CCN1[C@H](/C=C/C2CC2)[C@H](CCN=[N+]=[N-])OC(=O)[C@@H]1Cc1ccccc1. The van der Waals surface area contributed by atoms with Crippen molar-refractivity contribution in [2.24, 2.45) is 11.0 Å². The monoisotopic (exact) mass is 364 g/mol. The number of benzene rings is 1. The van der Waals surface area contributed by atoms with Crippen LogP contribution in [0.15, 0.2) is 47.6 Å². The Balaban J connectivity index is 1.84. The Kier molecular flexibility index (Phi) is 6.54.